The van der Waals surface area contributed by atoms with Gasteiger partial charge in [-0.2, -0.15) is 0 Å². The SMILES string of the molecule is Cc1cccc(C2=NCCN2C)c1CCc1cccc2ccccc12. The standard InChI is InChI=1S/C23H24N2/c1-17-7-5-12-22(23-24-15-16-25(23)2)20(17)14-13-19-10-6-9-18-8-3-4-11-21(18)19/h3-12H,13-16H2,1-2H3. The Labute approximate surface area is 149 Å². The Morgan fingerprint density at radius 3 is 2.56 bits per heavy atom. The van der Waals surface area contributed by atoms with E-state index in [-0.39, 0.29) is 0 Å². The van der Waals surface area contributed by atoms with Crippen molar-refractivity contribution < 1.29 is 0 Å². The minimum absolute atomic E-state index is 0.905. The van der Waals surface area contributed by atoms with E-state index in [0.29, 0.717) is 0 Å². The van der Waals surface area contributed by atoms with Crippen LogP contribution in [0.2, 0.25) is 0 Å². The van der Waals surface area contributed by atoms with E-state index < -0.39 is 0 Å². The van der Waals surface area contributed by atoms with Crippen molar-refractivity contribution in [3.63, 3.8) is 0 Å². The number of hydrogen-bond donors (Lipinski definition) is 0. The van der Waals surface area contributed by atoms with Gasteiger partial charge in [0.05, 0.1) is 6.54 Å². The molecule has 0 saturated carbocycles. The van der Waals surface area contributed by atoms with Crippen molar-refractivity contribution in [2.24, 2.45) is 4.99 Å². The second-order valence-electron chi connectivity index (χ2n) is 6.87. The third-order valence-electron chi connectivity index (χ3n) is 5.23. The zero-order chi connectivity index (χ0) is 17.2. The van der Waals surface area contributed by atoms with E-state index in [9.17, 15) is 0 Å². The predicted molar refractivity (Wildman–Crippen MR) is 107 cm³/mol. The summed E-state index contributed by atoms with van der Waals surface area (Å²) in [5.74, 6) is 1.15. The molecule has 0 amide bonds. The van der Waals surface area contributed by atoms with E-state index in [1.165, 1.54) is 33.0 Å². The zero-order valence-corrected chi connectivity index (χ0v) is 15.0. The third kappa shape index (κ3) is 3.05. The lowest BCUT2D eigenvalue weighted by molar-refractivity contribution is 0.556. The number of fused-ring (bicyclic) bond motifs is 1. The van der Waals surface area contributed by atoms with Crippen LogP contribution in [0.15, 0.2) is 65.7 Å². The molecule has 126 valence electrons. The molecule has 1 heterocycles. The van der Waals surface area contributed by atoms with Gasteiger partial charge in [-0.3, -0.25) is 4.99 Å². The average molecular weight is 328 g/mol. The molecule has 0 radical (unpaired) electrons. The molecule has 0 saturated heterocycles. The maximum absolute atomic E-state index is 4.74. The monoisotopic (exact) mass is 328 g/mol. The smallest absolute Gasteiger partial charge is 0.131 e. The van der Waals surface area contributed by atoms with Gasteiger partial charge in [0.2, 0.25) is 0 Å². The van der Waals surface area contributed by atoms with Crippen LogP contribution in [0, 0.1) is 6.92 Å². The molecule has 0 aromatic heterocycles. The minimum atomic E-state index is 0.905. The lowest BCUT2D eigenvalue weighted by Gasteiger charge is -2.19. The van der Waals surface area contributed by atoms with Gasteiger partial charge in [-0.05, 0) is 47.2 Å². The molecule has 2 nitrogen and oxygen atoms in total. The van der Waals surface area contributed by atoms with Crippen molar-refractivity contribution in [3.8, 4) is 0 Å². The molecule has 25 heavy (non-hydrogen) atoms. The molecule has 0 bridgehead atoms. The third-order valence-corrected chi connectivity index (χ3v) is 5.23. The molecule has 0 spiro atoms. The fraction of sp³-hybridized carbons (Fsp3) is 0.261. The van der Waals surface area contributed by atoms with Gasteiger partial charge >= 0.3 is 0 Å². The zero-order valence-electron chi connectivity index (χ0n) is 15.0. The highest BCUT2D eigenvalue weighted by Crippen LogP contribution is 2.24. The summed E-state index contributed by atoms with van der Waals surface area (Å²) < 4.78 is 0. The van der Waals surface area contributed by atoms with Crippen LogP contribution in [0.25, 0.3) is 10.8 Å². The molecular formula is C23H24N2. The highest BCUT2D eigenvalue weighted by atomic mass is 15.2. The van der Waals surface area contributed by atoms with Crippen LogP contribution in [0.5, 0.6) is 0 Å². The van der Waals surface area contributed by atoms with Crippen LogP contribution in [0.3, 0.4) is 0 Å². The van der Waals surface area contributed by atoms with Gasteiger partial charge in [0, 0.05) is 19.2 Å². The number of likely N-dealkylation sites (N-methyl/N-ethyl adjacent to an activating group) is 1. The molecule has 0 unspecified atom stereocenters. The lowest BCUT2D eigenvalue weighted by atomic mass is 9.93. The molecule has 1 aliphatic rings. The van der Waals surface area contributed by atoms with Gasteiger partial charge in [0.1, 0.15) is 5.84 Å². The topological polar surface area (TPSA) is 15.6 Å². The van der Waals surface area contributed by atoms with Crippen LogP contribution in [-0.2, 0) is 12.8 Å². The Kier molecular flexibility index (Phi) is 4.27. The minimum Gasteiger partial charge on any atom is -0.358 e. The van der Waals surface area contributed by atoms with Gasteiger partial charge < -0.3 is 4.90 Å². The summed E-state index contributed by atoms with van der Waals surface area (Å²) in [4.78, 5) is 7.01. The Bertz CT molecular complexity index is 934. The molecule has 0 aliphatic carbocycles. The van der Waals surface area contributed by atoms with Crippen molar-refractivity contribution in [3.05, 3.63) is 82.9 Å². The van der Waals surface area contributed by atoms with E-state index in [1.807, 2.05) is 0 Å². The maximum Gasteiger partial charge on any atom is 0.131 e. The maximum atomic E-state index is 4.74. The van der Waals surface area contributed by atoms with E-state index >= 15 is 0 Å². The number of benzene rings is 3. The summed E-state index contributed by atoms with van der Waals surface area (Å²) in [6, 6.07) is 21.9. The largest absolute Gasteiger partial charge is 0.358 e. The van der Waals surface area contributed by atoms with Gasteiger partial charge in [-0.25, -0.2) is 0 Å². The predicted octanol–water partition coefficient (Wildman–Crippen LogP) is 4.63. The first-order chi connectivity index (χ1) is 12.2. The Hall–Kier alpha value is -2.61. The molecule has 4 rings (SSSR count). The molecule has 0 N–H and O–H groups in total. The number of aryl methyl sites for hydroxylation is 2. The Balaban J connectivity index is 1.67. The molecule has 1 aliphatic heterocycles. The van der Waals surface area contributed by atoms with E-state index in [1.54, 1.807) is 0 Å². The second kappa shape index (κ2) is 6.72. The van der Waals surface area contributed by atoms with Crippen LogP contribution in [0.4, 0.5) is 0 Å². The van der Waals surface area contributed by atoms with Crippen molar-refractivity contribution >= 4 is 16.6 Å². The van der Waals surface area contributed by atoms with Crippen LogP contribution in [-0.4, -0.2) is 30.9 Å². The highest BCUT2D eigenvalue weighted by molar-refractivity contribution is 6.01. The summed E-state index contributed by atoms with van der Waals surface area (Å²) in [5.41, 5.74) is 5.53. The number of hydrogen-bond acceptors (Lipinski definition) is 2. The number of aliphatic imine (C=N–C) groups is 1. The van der Waals surface area contributed by atoms with E-state index in [0.717, 1.165) is 31.8 Å². The van der Waals surface area contributed by atoms with Gasteiger partial charge in [0.15, 0.2) is 0 Å². The van der Waals surface area contributed by atoms with Crippen molar-refractivity contribution in [1.82, 2.24) is 4.90 Å². The Morgan fingerprint density at radius 2 is 1.72 bits per heavy atom. The molecule has 0 fully saturated rings. The first-order valence-electron chi connectivity index (χ1n) is 9.05. The quantitative estimate of drug-likeness (QED) is 0.682. The van der Waals surface area contributed by atoms with Crippen LogP contribution < -0.4 is 0 Å². The summed E-state index contributed by atoms with van der Waals surface area (Å²) >= 11 is 0. The van der Waals surface area contributed by atoms with Crippen LogP contribution >= 0.6 is 0 Å². The van der Waals surface area contributed by atoms with Gasteiger partial charge in [0.25, 0.3) is 0 Å². The second-order valence-corrected chi connectivity index (χ2v) is 6.87. The van der Waals surface area contributed by atoms with Gasteiger partial charge in [-0.15, -0.1) is 0 Å². The summed E-state index contributed by atoms with van der Waals surface area (Å²) in [7, 11) is 2.14. The average Bonchev–Trinajstić information content (AvgIpc) is 3.06. The fourth-order valence-corrected chi connectivity index (χ4v) is 3.84. The number of amidine groups is 1. The van der Waals surface area contributed by atoms with E-state index in [2.05, 4.69) is 79.5 Å². The molecular weight excluding hydrogens is 304 g/mol. The first-order valence-corrected chi connectivity index (χ1v) is 9.05. The lowest BCUT2D eigenvalue weighted by Crippen LogP contribution is -2.24. The molecule has 3 aromatic carbocycles. The number of rotatable bonds is 4. The fourth-order valence-electron chi connectivity index (χ4n) is 3.84. The van der Waals surface area contributed by atoms with E-state index in [4.69, 9.17) is 4.99 Å². The molecule has 3 aromatic rings. The van der Waals surface area contributed by atoms with Gasteiger partial charge in [-0.1, -0.05) is 60.7 Å². The summed E-state index contributed by atoms with van der Waals surface area (Å²) in [6.45, 7) is 4.14. The highest BCUT2D eigenvalue weighted by Gasteiger charge is 2.18. The summed E-state index contributed by atoms with van der Waals surface area (Å²) in [5, 5.41) is 2.69. The Morgan fingerprint density at radius 1 is 0.920 bits per heavy atom. The normalized spacial score (nSPS) is 14.2. The molecule has 0 atom stereocenters. The van der Waals surface area contributed by atoms with Crippen molar-refractivity contribution in [2.45, 2.75) is 19.8 Å². The molecule has 2 heteroatoms. The van der Waals surface area contributed by atoms with Crippen molar-refractivity contribution in [2.75, 3.05) is 20.1 Å². The summed E-state index contributed by atoms with van der Waals surface area (Å²) in [6.07, 6.45) is 2.10. The van der Waals surface area contributed by atoms with Crippen LogP contribution in [0.1, 0.15) is 22.3 Å². The van der Waals surface area contributed by atoms with Crippen molar-refractivity contribution in [1.29, 1.82) is 0 Å². The number of nitrogens with zero attached hydrogens (tertiary/aromatic N) is 2. The first kappa shape index (κ1) is 15.9.